The number of hydrogen-bond acceptors (Lipinski definition) is 2. The van der Waals surface area contributed by atoms with Crippen molar-refractivity contribution in [3.63, 3.8) is 0 Å². The van der Waals surface area contributed by atoms with Gasteiger partial charge < -0.3 is 4.79 Å². The molecule has 2 radical (unpaired) electrons. The van der Waals surface area contributed by atoms with Crippen LogP contribution in [0.1, 0.15) is 6.42 Å². The molecule has 1 heterocycles. The van der Waals surface area contributed by atoms with Crippen LogP contribution in [-0.4, -0.2) is 34.5 Å². The lowest BCUT2D eigenvalue weighted by Gasteiger charge is -2.25. The summed E-state index contributed by atoms with van der Waals surface area (Å²) in [6.45, 7) is 0. The third kappa shape index (κ3) is 1.70. The van der Waals surface area contributed by atoms with Gasteiger partial charge in [0.1, 0.15) is 0 Å². The number of nitrogens with zero attached hydrogens (tertiary/aromatic N) is 1. The van der Waals surface area contributed by atoms with E-state index in [-0.39, 0.29) is 6.04 Å². The van der Waals surface area contributed by atoms with E-state index in [0.717, 1.165) is 9.19 Å². The Hall–Kier alpha value is -0.465. The number of piperidine rings is 1. The fraction of sp³-hybridized carbons (Fsp3) is 0.500. The molecular weight excluding hydrogens is 318 g/mol. The van der Waals surface area contributed by atoms with Crippen molar-refractivity contribution in [3.8, 4) is 0 Å². The number of amides is 1. The third-order valence-corrected chi connectivity index (χ3v) is 3.62. The van der Waals surface area contributed by atoms with Crippen molar-refractivity contribution < 1.29 is 18.4 Å². The maximum Gasteiger partial charge on any atom is 0.326 e. The van der Waals surface area contributed by atoms with Crippen molar-refractivity contribution in [3.05, 3.63) is 11.6 Å². The van der Waals surface area contributed by atoms with Crippen LogP contribution in [0.5, 0.6) is 0 Å². The number of rotatable bonds is 1. The average Bonchev–Trinajstić information content (AvgIpc) is 2.72. The first kappa shape index (κ1) is 11.0. The third-order valence-electron chi connectivity index (χ3n) is 2.58. The van der Waals surface area contributed by atoms with Gasteiger partial charge in [-0.1, -0.05) is 0 Å². The van der Waals surface area contributed by atoms with Crippen molar-refractivity contribution in [2.75, 3.05) is 0 Å². The Kier molecular flexibility index (Phi) is 2.40. The summed E-state index contributed by atoms with van der Waals surface area (Å²) in [4.78, 5) is 21.7. The predicted molar refractivity (Wildman–Crippen MR) is 56.6 cm³/mol. The zero-order chi connectivity index (χ0) is 11.4. The Bertz CT molecular complexity index is 385. The standard InChI is InChI=1S/C8H5BF2INO2/c9-5(14)1-3-4-2-8(10,11)7(15)13(12)6(3)4/h1,4,6H,2H2/b3-1+/t4-,6?/m1/s1. The number of fused-ring (bicyclic) bond motifs is 1. The molecule has 1 saturated heterocycles. The second kappa shape index (κ2) is 3.26. The number of carbonyl (C=O) groups is 2. The zero-order valence-electron chi connectivity index (χ0n) is 7.41. The van der Waals surface area contributed by atoms with Gasteiger partial charge in [-0.2, -0.15) is 8.78 Å². The van der Waals surface area contributed by atoms with Crippen LogP contribution in [0.2, 0.25) is 0 Å². The molecule has 0 aromatic heterocycles. The molecule has 2 fully saturated rings. The van der Waals surface area contributed by atoms with Crippen LogP contribution < -0.4 is 0 Å². The average molecular weight is 323 g/mol. The van der Waals surface area contributed by atoms with Gasteiger partial charge in [-0.15, -0.1) is 0 Å². The van der Waals surface area contributed by atoms with Gasteiger partial charge in [0.05, 0.1) is 34.6 Å². The molecule has 0 bridgehead atoms. The van der Waals surface area contributed by atoms with E-state index in [0.29, 0.717) is 5.57 Å². The monoisotopic (exact) mass is 323 g/mol. The molecule has 2 atom stereocenters. The minimum atomic E-state index is -3.32. The van der Waals surface area contributed by atoms with E-state index >= 15 is 0 Å². The Labute approximate surface area is 99.8 Å². The fourth-order valence-electron chi connectivity index (χ4n) is 1.84. The second-order valence-electron chi connectivity index (χ2n) is 3.62. The molecule has 7 heteroatoms. The molecule has 1 aliphatic heterocycles. The molecule has 1 aliphatic carbocycles. The fourth-order valence-corrected chi connectivity index (χ4v) is 2.91. The van der Waals surface area contributed by atoms with E-state index in [9.17, 15) is 18.4 Å². The molecule has 15 heavy (non-hydrogen) atoms. The number of allylic oxidation sites excluding steroid dienone is 1. The maximum absolute atomic E-state index is 13.1. The SMILES string of the molecule is [B]C(=O)/C=C1/C2[C@@H]1CC(F)(F)C(=O)N2I. The number of carbonyl (C=O) groups excluding carboxylic acids is 2. The number of halogens is 3. The van der Waals surface area contributed by atoms with Crippen LogP contribution in [0.3, 0.4) is 0 Å². The summed E-state index contributed by atoms with van der Waals surface area (Å²) < 4.78 is 27.2. The van der Waals surface area contributed by atoms with Crippen LogP contribution in [-0.2, 0) is 9.59 Å². The van der Waals surface area contributed by atoms with Gasteiger partial charge in [0.15, 0.2) is 7.85 Å². The van der Waals surface area contributed by atoms with Crippen LogP contribution >= 0.6 is 22.9 Å². The van der Waals surface area contributed by atoms with Gasteiger partial charge in [-0.05, 0) is 11.6 Å². The topological polar surface area (TPSA) is 37.4 Å². The molecule has 1 amide bonds. The summed E-state index contributed by atoms with van der Waals surface area (Å²) in [7, 11) is 4.93. The molecule has 0 N–H and O–H groups in total. The second-order valence-corrected chi connectivity index (χ2v) is 4.66. The predicted octanol–water partition coefficient (Wildman–Crippen LogP) is 0.824. The summed E-state index contributed by atoms with van der Waals surface area (Å²) in [5.74, 6) is -4.94. The first-order chi connectivity index (χ1) is 6.84. The van der Waals surface area contributed by atoms with Crippen molar-refractivity contribution >= 4 is 42.3 Å². The summed E-state index contributed by atoms with van der Waals surface area (Å²) in [6.07, 6.45) is 0.616. The summed E-state index contributed by atoms with van der Waals surface area (Å²) in [5, 5.41) is 0. The van der Waals surface area contributed by atoms with Gasteiger partial charge in [-0.3, -0.25) is 7.91 Å². The summed E-state index contributed by atoms with van der Waals surface area (Å²) in [6, 6.07) is -0.370. The largest absolute Gasteiger partial charge is 0.326 e. The van der Waals surface area contributed by atoms with E-state index in [1.54, 1.807) is 22.9 Å². The van der Waals surface area contributed by atoms with Crippen LogP contribution in [0.25, 0.3) is 0 Å². The van der Waals surface area contributed by atoms with Gasteiger partial charge in [0, 0.05) is 12.3 Å². The Morgan fingerprint density at radius 3 is 2.80 bits per heavy atom. The van der Waals surface area contributed by atoms with Crippen molar-refractivity contribution in [2.24, 2.45) is 5.92 Å². The van der Waals surface area contributed by atoms with E-state index in [4.69, 9.17) is 7.85 Å². The maximum atomic E-state index is 13.1. The van der Waals surface area contributed by atoms with E-state index in [1.165, 1.54) is 0 Å². The molecule has 1 saturated carbocycles. The highest BCUT2D eigenvalue weighted by Gasteiger charge is 2.62. The lowest BCUT2D eigenvalue weighted by atomic mass is 10.0. The highest BCUT2D eigenvalue weighted by Crippen LogP contribution is 2.54. The van der Waals surface area contributed by atoms with Crippen molar-refractivity contribution in [1.29, 1.82) is 0 Å². The molecule has 3 nitrogen and oxygen atoms in total. The van der Waals surface area contributed by atoms with E-state index in [1.807, 2.05) is 0 Å². The normalized spacial score (nSPS) is 35.3. The molecular formula is C8H5BF2INO2. The Balaban J connectivity index is 2.25. The van der Waals surface area contributed by atoms with E-state index in [2.05, 4.69) is 0 Å². The first-order valence-corrected chi connectivity index (χ1v) is 5.19. The Morgan fingerprint density at radius 1 is 1.67 bits per heavy atom. The van der Waals surface area contributed by atoms with E-state index < -0.39 is 29.9 Å². The molecule has 2 rings (SSSR count). The summed E-state index contributed by atoms with van der Waals surface area (Å²) in [5.41, 5.74) is -0.137. The van der Waals surface area contributed by atoms with Crippen LogP contribution in [0, 0.1) is 5.92 Å². The van der Waals surface area contributed by atoms with Crippen molar-refractivity contribution in [1.82, 2.24) is 3.11 Å². The molecule has 0 spiro atoms. The Morgan fingerprint density at radius 2 is 2.27 bits per heavy atom. The molecule has 1 unspecified atom stereocenters. The zero-order valence-corrected chi connectivity index (χ0v) is 9.57. The van der Waals surface area contributed by atoms with Gasteiger partial charge in [0.2, 0.25) is 0 Å². The summed E-state index contributed by atoms with van der Waals surface area (Å²) >= 11 is 1.55. The number of alkyl halides is 2. The van der Waals surface area contributed by atoms with Crippen LogP contribution in [0.4, 0.5) is 8.78 Å². The number of hydrogen-bond donors (Lipinski definition) is 0. The highest BCUT2D eigenvalue weighted by atomic mass is 127. The lowest BCUT2D eigenvalue weighted by Crippen LogP contribution is -2.44. The van der Waals surface area contributed by atoms with Gasteiger partial charge in [0.25, 0.3) is 0 Å². The molecule has 0 aromatic rings. The minimum absolute atomic E-state index is 0.370. The quantitative estimate of drug-likeness (QED) is 0.310. The van der Waals surface area contributed by atoms with Gasteiger partial charge >= 0.3 is 11.8 Å². The lowest BCUT2D eigenvalue weighted by molar-refractivity contribution is -0.156. The smallest absolute Gasteiger partial charge is 0.308 e. The first-order valence-electron chi connectivity index (χ1n) is 4.23. The molecule has 0 aromatic carbocycles. The molecule has 2 aliphatic rings. The van der Waals surface area contributed by atoms with Gasteiger partial charge in [-0.25, -0.2) is 0 Å². The highest BCUT2D eigenvalue weighted by molar-refractivity contribution is 14.1. The molecule has 78 valence electrons. The minimum Gasteiger partial charge on any atom is -0.308 e. The van der Waals surface area contributed by atoms with Crippen LogP contribution in [0.15, 0.2) is 11.6 Å². The van der Waals surface area contributed by atoms with Crippen molar-refractivity contribution in [2.45, 2.75) is 18.4 Å².